The summed E-state index contributed by atoms with van der Waals surface area (Å²) in [5.74, 6) is 0.360. The molecule has 7 heteroatoms. The zero-order chi connectivity index (χ0) is 9.07. The van der Waals surface area contributed by atoms with E-state index in [1.54, 1.807) is 0 Å². The number of nitrogens with two attached hydrogens (primary N) is 2. The first-order chi connectivity index (χ1) is 4.81. The van der Waals surface area contributed by atoms with Crippen molar-refractivity contribution in [2.24, 2.45) is 11.0 Å². The van der Waals surface area contributed by atoms with Crippen molar-refractivity contribution < 1.29 is 8.88 Å². The Balaban J connectivity index is 3.90. The zero-order valence-corrected chi connectivity index (χ0v) is 9.43. The summed E-state index contributed by atoms with van der Waals surface area (Å²) in [4.78, 5) is 0. The number of hydrogen-bond donors (Lipinski definition) is 2. The number of rotatable bonds is 4. The molecule has 0 saturated heterocycles. The van der Waals surface area contributed by atoms with E-state index >= 15 is 0 Å². The summed E-state index contributed by atoms with van der Waals surface area (Å²) < 4.78 is 16.2. The minimum Gasteiger partial charge on any atom is -0.334 e. The maximum Gasteiger partial charge on any atom is 0.148 e. The second-order valence-electron chi connectivity index (χ2n) is 2.44. The molecular weight excluding hydrogens is 201 g/mol. The Labute approximate surface area is 68.7 Å². The summed E-state index contributed by atoms with van der Waals surface area (Å²) in [7, 11) is -5.26. The van der Waals surface area contributed by atoms with E-state index in [4.69, 9.17) is 15.3 Å². The van der Waals surface area contributed by atoms with Gasteiger partial charge < -0.3 is 8.88 Å². The summed E-state index contributed by atoms with van der Waals surface area (Å²) in [5.41, 5.74) is 10.7. The second-order valence-corrected chi connectivity index (χ2v) is 8.88. The Morgan fingerprint density at radius 1 is 1.64 bits per heavy atom. The Morgan fingerprint density at radius 2 is 2.09 bits per heavy atom. The lowest BCUT2D eigenvalue weighted by Crippen LogP contribution is -1.94. The van der Waals surface area contributed by atoms with Crippen LogP contribution in [0.1, 0.15) is 0 Å². The van der Waals surface area contributed by atoms with Gasteiger partial charge in [-0.15, -0.1) is 0 Å². The molecule has 0 radical (unpaired) electrons. The van der Waals surface area contributed by atoms with Gasteiger partial charge in [0.05, 0.1) is 5.90 Å². The number of hydrogen-bond acceptors (Lipinski definition) is 3. The van der Waals surface area contributed by atoms with Gasteiger partial charge in [0.1, 0.15) is 7.29 Å². The molecule has 0 amide bonds. The van der Waals surface area contributed by atoms with Crippen LogP contribution in [-0.4, -0.2) is 25.2 Å². The topological polar surface area (TPSA) is 78.3 Å². The molecule has 4 nitrogen and oxygen atoms in total. The summed E-state index contributed by atoms with van der Waals surface area (Å²) in [6.07, 6.45) is 7.22. The molecule has 0 aromatic carbocycles. The van der Waals surface area contributed by atoms with Crippen LogP contribution in [0, 0.1) is 0 Å². The van der Waals surface area contributed by atoms with E-state index in [2.05, 4.69) is 12.6 Å². The molecule has 0 saturated carbocycles. The maximum absolute atomic E-state index is 11.0. The van der Waals surface area contributed by atoms with Gasteiger partial charge >= 0.3 is 0 Å². The lowest BCUT2D eigenvalue weighted by molar-refractivity contribution is 0.582. The fourth-order valence-electron chi connectivity index (χ4n) is 0.568. The smallest absolute Gasteiger partial charge is 0.148 e. The van der Waals surface area contributed by atoms with Gasteiger partial charge in [-0.1, -0.05) is 12.6 Å². The van der Waals surface area contributed by atoms with Crippen LogP contribution in [0.3, 0.4) is 0 Å². The molecule has 0 aliphatic rings. The van der Waals surface area contributed by atoms with E-state index in [9.17, 15) is 4.57 Å². The summed E-state index contributed by atoms with van der Waals surface area (Å²) in [6, 6.07) is 0. The van der Waals surface area contributed by atoms with Crippen LogP contribution in [0.25, 0.3) is 0 Å². The Bertz CT molecular complexity index is 221. The summed E-state index contributed by atoms with van der Waals surface area (Å²) >= 11 is 0. The Kier molecular flexibility index (Phi) is 4.97. The Morgan fingerprint density at radius 3 is 2.36 bits per heavy atom. The van der Waals surface area contributed by atoms with Crippen molar-refractivity contribution in [2.75, 3.05) is 12.6 Å². The van der Waals surface area contributed by atoms with E-state index in [-0.39, 0.29) is 0 Å². The average molecular weight is 216 g/mol. The lowest BCUT2D eigenvalue weighted by atomic mass is 11.9. The third-order valence-corrected chi connectivity index (χ3v) is 6.89. The van der Waals surface area contributed by atoms with Gasteiger partial charge in [0.25, 0.3) is 0 Å². The first-order valence-electron chi connectivity index (χ1n) is 2.96. The van der Waals surface area contributed by atoms with Crippen molar-refractivity contribution in [1.82, 2.24) is 0 Å². The predicted molar refractivity (Wildman–Crippen MR) is 58.7 cm³/mol. The second kappa shape index (κ2) is 4.67. The van der Waals surface area contributed by atoms with Crippen LogP contribution in [-0.2, 0) is 8.88 Å². The third-order valence-electron chi connectivity index (χ3n) is 0.766. The maximum atomic E-state index is 11.0. The normalized spacial score (nSPS) is 22.1. The van der Waals surface area contributed by atoms with Gasteiger partial charge in [0, 0.05) is 22.4 Å². The van der Waals surface area contributed by atoms with Crippen molar-refractivity contribution in [2.45, 2.75) is 0 Å². The minimum atomic E-state index is -2.49. The van der Waals surface area contributed by atoms with Crippen LogP contribution >= 0.6 is 23.0 Å². The molecule has 0 aromatic rings. The standard InChI is InChI=1S/C4H15N2O2P3/c1-9(8-10(2)5)4-11(3,6)7/h9-10H,1-2,4-5H2,3H3,(H2,6,7). The highest BCUT2D eigenvalue weighted by Gasteiger charge is 2.08. The summed E-state index contributed by atoms with van der Waals surface area (Å²) in [6.45, 7) is 1.51. The molecule has 0 fully saturated rings. The molecule has 0 rings (SSSR count). The molecule has 0 aliphatic heterocycles. The SMILES string of the molecule is C=[PH](N)O[PH](=C)CP(C)(N)=O. The fraction of sp³-hybridized carbons (Fsp3) is 0.500. The average Bonchev–Trinajstić information content (AvgIpc) is 1.53. The van der Waals surface area contributed by atoms with Crippen molar-refractivity contribution >= 4 is 35.6 Å². The van der Waals surface area contributed by atoms with E-state index in [0.29, 0.717) is 5.90 Å². The summed E-state index contributed by atoms with van der Waals surface area (Å²) in [5, 5.41) is 0. The largest absolute Gasteiger partial charge is 0.334 e. The molecule has 3 unspecified atom stereocenters. The molecule has 11 heavy (non-hydrogen) atoms. The highest BCUT2D eigenvalue weighted by atomic mass is 31.2. The predicted octanol–water partition coefficient (Wildman–Crippen LogP) is 0.823. The third kappa shape index (κ3) is 8.62. The van der Waals surface area contributed by atoms with Crippen LogP contribution < -0.4 is 11.0 Å². The quantitative estimate of drug-likeness (QED) is 0.682. The minimum absolute atomic E-state index is 0.360. The van der Waals surface area contributed by atoms with Crippen LogP contribution in [0.15, 0.2) is 0 Å². The van der Waals surface area contributed by atoms with Crippen molar-refractivity contribution in [3.05, 3.63) is 0 Å². The zero-order valence-electron chi connectivity index (χ0n) is 6.54. The monoisotopic (exact) mass is 216 g/mol. The van der Waals surface area contributed by atoms with Crippen molar-refractivity contribution in [3.63, 3.8) is 0 Å². The lowest BCUT2D eigenvalue weighted by Gasteiger charge is -2.10. The van der Waals surface area contributed by atoms with E-state index in [0.717, 1.165) is 0 Å². The molecule has 4 N–H and O–H groups in total. The van der Waals surface area contributed by atoms with Crippen LogP contribution in [0.5, 0.6) is 0 Å². The molecule has 68 valence electrons. The molecular formula is C4H15N2O2P3. The van der Waals surface area contributed by atoms with Crippen molar-refractivity contribution in [3.8, 4) is 0 Å². The molecule has 3 atom stereocenters. The molecule has 0 aromatic heterocycles. The van der Waals surface area contributed by atoms with Gasteiger partial charge in [-0.2, -0.15) is 0 Å². The highest BCUT2D eigenvalue weighted by Crippen LogP contribution is 2.45. The molecule has 0 spiro atoms. The van der Waals surface area contributed by atoms with Gasteiger partial charge in [-0.05, 0) is 0 Å². The van der Waals surface area contributed by atoms with Gasteiger partial charge in [0.2, 0.25) is 0 Å². The van der Waals surface area contributed by atoms with E-state index < -0.39 is 23.0 Å². The fourth-order valence-corrected chi connectivity index (χ4v) is 5.69. The van der Waals surface area contributed by atoms with E-state index in [1.165, 1.54) is 6.66 Å². The van der Waals surface area contributed by atoms with E-state index in [1.807, 2.05) is 0 Å². The first kappa shape index (κ1) is 11.7. The van der Waals surface area contributed by atoms with Gasteiger partial charge in [-0.25, -0.2) is 0 Å². The highest BCUT2D eigenvalue weighted by molar-refractivity contribution is 7.75. The van der Waals surface area contributed by atoms with Crippen LogP contribution in [0.4, 0.5) is 0 Å². The van der Waals surface area contributed by atoms with Crippen molar-refractivity contribution in [1.29, 1.82) is 0 Å². The Hall–Kier alpha value is 0.710. The molecule has 0 bridgehead atoms. The molecule has 0 heterocycles. The van der Waals surface area contributed by atoms with Gasteiger partial charge in [-0.3, -0.25) is 11.0 Å². The first-order valence-corrected chi connectivity index (χ1v) is 8.89. The van der Waals surface area contributed by atoms with Crippen LogP contribution in [0.2, 0.25) is 0 Å². The van der Waals surface area contributed by atoms with Gasteiger partial charge in [0.15, 0.2) is 0 Å². The molecule has 0 aliphatic carbocycles.